The maximum absolute atomic E-state index is 13.9. The third-order valence-corrected chi connectivity index (χ3v) is 16.3. The molecule has 12 atom stereocenters. The number of carboxylic acids is 1. The summed E-state index contributed by atoms with van der Waals surface area (Å²) >= 11 is 0. The van der Waals surface area contributed by atoms with Crippen LogP contribution in [-0.4, -0.2) is 182 Å². The van der Waals surface area contributed by atoms with E-state index in [9.17, 15) is 38.4 Å². The zero-order valence-electron chi connectivity index (χ0n) is 54.6. The first-order valence-corrected chi connectivity index (χ1v) is 31.0. The molecule has 4 aliphatic rings. The minimum Gasteiger partial charge on any atom is -0.497 e. The zero-order chi connectivity index (χ0) is 67.0. The largest absolute Gasteiger partial charge is 0.497 e. The van der Waals surface area contributed by atoms with Crippen molar-refractivity contribution in [1.29, 1.82) is 0 Å². The van der Waals surface area contributed by atoms with Crippen LogP contribution in [0.3, 0.4) is 0 Å². The van der Waals surface area contributed by atoms with Gasteiger partial charge in [0.15, 0.2) is 11.6 Å². The third-order valence-electron chi connectivity index (χ3n) is 16.3. The van der Waals surface area contributed by atoms with Crippen LogP contribution < -0.4 is 25.8 Å². The molecule has 3 unspecified atom stereocenters. The number of morpholine rings is 2. The summed E-state index contributed by atoms with van der Waals surface area (Å²) < 4.78 is 48.5. The number of benzene rings is 4. The molecule has 4 saturated heterocycles. The topological polar surface area (TPSA) is 275 Å². The summed E-state index contributed by atoms with van der Waals surface area (Å²) in [6.45, 7) is 18.6. The average Bonchev–Trinajstić information content (AvgIpc) is 1.66. The minimum absolute atomic E-state index is 0. The van der Waals surface area contributed by atoms with Crippen LogP contribution >= 0.6 is 0 Å². The van der Waals surface area contributed by atoms with Gasteiger partial charge in [0.2, 0.25) is 11.8 Å². The molecule has 0 radical (unpaired) electrons. The lowest BCUT2D eigenvalue weighted by atomic mass is 9.87. The van der Waals surface area contributed by atoms with Crippen molar-refractivity contribution in [3.63, 3.8) is 0 Å². The van der Waals surface area contributed by atoms with Gasteiger partial charge in [-0.3, -0.25) is 52.9 Å². The second kappa shape index (κ2) is 43.1. The van der Waals surface area contributed by atoms with Crippen LogP contribution in [0.1, 0.15) is 127 Å². The molecule has 8 rings (SSSR count). The standard InChI is InChI=1S/C35H46N2O7.C26H32N2O5.C8H15NO3.4CH4.F2.FH/c1-23(15-29(38)21-37-19-24(2)44-25(3)20-37)32(39)18-28(16-27-11-13-30(42-5)14-12-27)34(41)36-31(33(40)35(4)22-43-35)17-26-9-7-6-8-10-26;1-17(27)23(29)15-20(13-19-9-11-21(32-3)12-10-19)25(31)28-22(24(30)26(2)16-33-26)14-18-7-5-4-6-8-18;1-6-3-9(5-8(10)11)4-7(2)12-6;;;;;1-2;/h6-14,23-25,28,31H,15-22H2,1-5H3,(H,36,41);4-12,17,20,22H,13-16,27H2,1-3H3,(H,28,31);6-7H,3-5H2,1-2H3,(H,10,11);4*1H4;;1H/t23-,24+,25?,28?,31+,35-;17-,20?,22-,26+;6-,7+;;;;;;/m10......./s1. The number of carbonyl (C=O) groups excluding carboxylic acids is 7. The lowest BCUT2D eigenvalue weighted by Crippen LogP contribution is -2.50. The Hall–Kier alpha value is -7.25. The molecule has 96 heavy (non-hydrogen) atoms. The van der Waals surface area contributed by atoms with Gasteiger partial charge in [-0.15, -0.1) is 0 Å². The fourth-order valence-electron chi connectivity index (χ4n) is 11.2. The minimum atomic E-state index is -0.918. The summed E-state index contributed by atoms with van der Waals surface area (Å²) in [6, 6.07) is 31.5. The Morgan fingerprint density at radius 1 is 0.542 bits per heavy atom. The lowest BCUT2D eigenvalue weighted by Gasteiger charge is -2.34. The molecule has 0 bridgehead atoms. The quantitative estimate of drug-likeness (QED) is 0.0354. The number of rotatable bonds is 30. The van der Waals surface area contributed by atoms with Crippen LogP contribution in [0.2, 0.25) is 0 Å². The first-order valence-electron chi connectivity index (χ1n) is 31.0. The molecule has 23 heteroatoms. The van der Waals surface area contributed by atoms with Crippen LogP contribution in [0.25, 0.3) is 0 Å². The van der Waals surface area contributed by atoms with Crippen LogP contribution in [0, 0.1) is 17.8 Å². The van der Waals surface area contributed by atoms with Crippen LogP contribution in [-0.2, 0) is 83.0 Å². The predicted octanol–water partition coefficient (Wildman–Crippen LogP) is 9.57. The number of Topliss-reactive ketones (excluding diaryl/α,β-unsaturated/α-hetero) is 5. The molecular weight excluding hydrogens is 1240 g/mol. The Bertz CT molecular complexity index is 2970. The molecule has 0 spiro atoms. The van der Waals surface area contributed by atoms with Gasteiger partial charge in [-0.05, 0) is 121 Å². The first kappa shape index (κ1) is 88.8. The fourth-order valence-corrected chi connectivity index (χ4v) is 11.2. The van der Waals surface area contributed by atoms with E-state index in [4.69, 9.17) is 48.4 Å². The van der Waals surface area contributed by atoms with E-state index < -0.39 is 53.1 Å². The van der Waals surface area contributed by atoms with Crippen molar-refractivity contribution in [3.8, 4) is 11.5 Å². The van der Waals surface area contributed by atoms with E-state index in [-0.39, 0.29) is 132 Å². The molecule has 0 aromatic heterocycles. The Morgan fingerprint density at radius 2 is 0.865 bits per heavy atom. The van der Waals surface area contributed by atoms with E-state index >= 15 is 0 Å². The molecule has 5 N–H and O–H groups in total. The van der Waals surface area contributed by atoms with Crippen molar-refractivity contribution in [2.75, 3.05) is 66.7 Å². The van der Waals surface area contributed by atoms with E-state index in [0.29, 0.717) is 63.5 Å². The number of aliphatic carboxylic acids is 1. The highest BCUT2D eigenvalue weighted by molar-refractivity contribution is 5.99. The smallest absolute Gasteiger partial charge is 0.317 e. The second-order valence-corrected chi connectivity index (χ2v) is 24.8. The Labute approximate surface area is 567 Å². The maximum Gasteiger partial charge on any atom is 0.317 e. The highest BCUT2D eigenvalue weighted by Crippen LogP contribution is 2.31. The van der Waals surface area contributed by atoms with Crippen LogP contribution in [0.4, 0.5) is 13.9 Å². The summed E-state index contributed by atoms with van der Waals surface area (Å²) in [5.41, 5.74) is 7.56. The van der Waals surface area contributed by atoms with Gasteiger partial charge in [0.1, 0.15) is 40.1 Å². The third kappa shape index (κ3) is 29.6. The molecule has 4 heterocycles. The molecule has 4 aromatic carbocycles. The van der Waals surface area contributed by atoms with Crippen molar-refractivity contribution in [3.05, 3.63) is 131 Å². The number of carboxylic acid groups (broad SMARTS) is 1. The zero-order valence-corrected chi connectivity index (χ0v) is 54.6. The number of ether oxygens (including phenoxy) is 6. The molecular formula is C73H110F3N5O15. The van der Waals surface area contributed by atoms with E-state index in [0.717, 1.165) is 35.3 Å². The molecule has 2 amide bonds. The summed E-state index contributed by atoms with van der Waals surface area (Å²) in [5.74, 6) is -2.73. The van der Waals surface area contributed by atoms with Crippen LogP contribution in [0.5, 0.6) is 11.5 Å². The van der Waals surface area contributed by atoms with Crippen molar-refractivity contribution in [2.24, 2.45) is 23.5 Å². The maximum atomic E-state index is 13.9. The number of nitrogens with one attached hydrogen (secondary N) is 2. The number of hydrogen-bond acceptors (Lipinski definition) is 17. The number of nitrogens with two attached hydrogens (primary N) is 1. The highest BCUT2D eigenvalue weighted by Gasteiger charge is 2.51. The summed E-state index contributed by atoms with van der Waals surface area (Å²) in [7, 11) is 3.17. The number of halogens is 3. The molecule has 4 aliphatic heterocycles. The Kier molecular flexibility index (Phi) is 39.9. The number of methoxy groups -OCH3 is 2. The van der Waals surface area contributed by atoms with Gasteiger partial charge in [-0.25, -0.2) is 0 Å². The van der Waals surface area contributed by atoms with E-state index in [2.05, 4.69) is 15.5 Å². The molecule has 538 valence electrons. The van der Waals surface area contributed by atoms with Gasteiger partial charge in [-0.2, -0.15) is 0 Å². The average molecular weight is 1350 g/mol. The predicted molar refractivity (Wildman–Crippen MR) is 367 cm³/mol. The highest BCUT2D eigenvalue weighted by atomic mass is 20.0. The van der Waals surface area contributed by atoms with Gasteiger partial charge in [0, 0.05) is 72.3 Å². The second-order valence-electron chi connectivity index (χ2n) is 24.8. The van der Waals surface area contributed by atoms with Gasteiger partial charge < -0.3 is 49.9 Å². The first-order chi connectivity index (χ1) is 43.2. The number of carbonyl (C=O) groups is 8. The van der Waals surface area contributed by atoms with Crippen molar-refractivity contribution in [1.82, 2.24) is 20.4 Å². The van der Waals surface area contributed by atoms with Crippen molar-refractivity contribution < 1.29 is 85.7 Å². The molecule has 0 aliphatic carbocycles. The SMILES string of the molecule is C.C.C.C.COc1ccc(CC(CC(=O)[C@H](C)CC(=O)CN2CC(C)O[C@@H](C)C2)C(=O)N[C@@H](Cc2ccccc2)C(=O)[C@@]2(C)CO2)cc1.COc1ccc(CC(CC(=O)[C@H](C)N)C(=O)N[C@@H](Cc2ccccc2)C(=O)[C@@]2(C)CO2)cc1.C[C@@H]1CN(CC(=O)O)C[C@H](C)O1.F.FF. The van der Waals surface area contributed by atoms with Crippen LogP contribution in [0.15, 0.2) is 109 Å². The van der Waals surface area contributed by atoms with Gasteiger partial charge >= 0.3 is 5.97 Å². The van der Waals surface area contributed by atoms with Crippen molar-refractivity contribution >= 4 is 46.7 Å². The number of epoxide rings is 2. The van der Waals surface area contributed by atoms with Gasteiger partial charge in [0.25, 0.3) is 0 Å². The lowest BCUT2D eigenvalue weighted by molar-refractivity contribution is -0.141. The number of amides is 2. The summed E-state index contributed by atoms with van der Waals surface area (Å²) in [5, 5.41) is 14.4. The van der Waals surface area contributed by atoms with Gasteiger partial charge in [-0.1, -0.05) is 122 Å². The fraction of sp³-hybridized carbons (Fsp3) is 0.562. The monoisotopic (exact) mass is 1350 g/mol. The number of nitrogens with zero attached hydrogens (tertiary/aromatic N) is 2. The van der Waals surface area contributed by atoms with E-state index in [1.807, 2.05) is 142 Å². The molecule has 4 aromatic rings. The Balaban J connectivity index is 0.00000153. The molecule has 0 saturated carbocycles. The molecule has 20 nitrogen and oxygen atoms in total. The van der Waals surface area contributed by atoms with Crippen molar-refractivity contribution in [2.45, 2.75) is 184 Å². The Morgan fingerprint density at radius 3 is 1.18 bits per heavy atom. The molecule has 4 fully saturated rings. The number of hydrogen-bond donors (Lipinski definition) is 4. The van der Waals surface area contributed by atoms with E-state index in [1.54, 1.807) is 41.9 Å². The van der Waals surface area contributed by atoms with Gasteiger partial charge in [0.05, 0.1) is 83.1 Å². The summed E-state index contributed by atoms with van der Waals surface area (Å²) in [6.07, 6.45) is 1.76. The number of ketones is 5. The summed E-state index contributed by atoms with van der Waals surface area (Å²) in [4.78, 5) is 107. The normalized spacial score (nSPS) is 21.7. The van der Waals surface area contributed by atoms with E-state index in [1.165, 1.54) is 0 Å².